The Labute approximate surface area is 319 Å². The van der Waals surface area contributed by atoms with Crippen LogP contribution >= 0.6 is 0 Å². The van der Waals surface area contributed by atoms with Crippen LogP contribution in [0.15, 0.2) is 192 Å². The van der Waals surface area contributed by atoms with E-state index in [-0.39, 0.29) is 5.41 Å². The van der Waals surface area contributed by atoms with Crippen molar-refractivity contribution in [1.29, 1.82) is 0 Å². The lowest BCUT2D eigenvalue weighted by Crippen LogP contribution is -2.17. The van der Waals surface area contributed by atoms with Crippen molar-refractivity contribution in [3.63, 3.8) is 0 Å². The fraction of sp³-hybridized carbons (Fsp3) is 0.192. The number of hydrogen-bond donors (Lipinski definition) is 0. The van der Waals surface area contributed by atoms with E-state index in [2.05, 4.69) is 200 Å². The molecule has 0 saturated carbocycles. The first-order valence-electron chi connectivity index (χ1n) is 19.7. The average Bonchev–Trinajstić information content (AvgIpc) is 3.67. The third-order valence-electron chi connectivity index (χ3n) is 12.5. The van der Waals surface area contributed by atoms with E-state index in [4.69, 9.17) is 0 Å². The standard InChI is InChI=1S/C52H46N2/c1-35-17-25-41(26-18-35)53(42-27-19-36(20-28-42)38-23-31-49-46(33-38)44-13-7-9-15-48(44)52(49,2)3)43-29-21-37(22-30-43)39-24-32-51-47(34-39)45-14-8-10-16-50(45)54(51)40-11-5-4-6-12-40/h4-12,14-17,19-32,34-35,38,44H,13,18,33H2,1-3H3/t35?,38-,44?/m1/s1. The zero-order valence-corrected chi connectivity index (χ0v) is 31.4. The lowest BCUT2D eigenvalue weighted by molar-refractivity contribution is 0.528. The van der Waals surface area contributed by atoms with Gasteiger partial charge in [-0.2, -0.15) is 0 Å². The second kappa shape index (κ2) is 12.9. The van der Waals surface area contributed by atoms with E-state index in [1.54, 1.807) is 16.7 Å². The van der Waals surface area contributed by atoms with E-state index < -0.39 is 0 Å². The number of anilines is 2. The van der Waals surface area contributed by atoms with Crippen molar-refractivity contribution in [1.82, 2.24) is 4.57 Å². The predicted molar refractivity (Wildman–Crippen MR) is 228 cm³/mol. The first-order chi connectivity index (χ1) is 26.4. The Morgan fingerprint density at radius 3 is 2.19 bits per heavy atom. The van der Waals surface area contributed by atoms with Crippen LogP contribution in [0.1, 0.15) is 51.5 Å². The number of rotatable bonds is 6. The summed E-state index contributed by atoms with van der Waals surface area (Å²) in [7, 11) is 0. The third kappa shape index (κ3) is 5.38. The molecule has 2 heteroatoms. The van der Waals surface area contributed by atoms with Gasteiger partial charge < -0.3 is 9.47 Å². The summed E-state index contributed by atoms with van der Waals surface area (Å²) < 4.78 is 2.38. The second-order valence-electron chi connectivity index (χ2n) is 16.2. The zero-order valence-electron chi connectivity index (χ0n) is 31.4. The zero-order chi connectivity index (χ0) is 36.4. The molecule has 1 aromatic heterocycles. The molecular weight excluding hydrogens is 653 g/mol. The van der Waals surface area contributed by atoms with Crippen molar-refractivity contribution in [2.24, 2.45) is 17.3 Å². The van der Waals surface area contributed by atoms with Crippen LogP contribution in [0.25, 0.3) is 38.6 Å². The van der Waals surface area contributed by atoms with E-state index in [1.807, 2.05) is 0 Å². The molecule has 2 nitrogen and oxygen atoms in total. The minimum atomic E-state index is 0.125. The molecule has 10 rings (SSSR count). The molecule has 4 aliphatic carbocycles. The molecule has 5 aromatic carbocycles. The number of hydrogen-bond acceptors (Lipinski definition) is 1. The van der Waals surface area contributed by atoms with Gasteiger partial charge in [0.05, 0.1) is 11.0 Å². The van der Waals surface area contributed by atoms with Gasteiger partial charge in [0.2, 0.25) is 0 Å². The molecule has 6 aromatic rings. The van der Waals surface area contributed by atoms with Crippen molar-refractivity contribution in [3.05, 3.63) is 198 Å². The molecule has 0 radical (unpaired) electrons. The van der Waals surface area contributed by atoms with Crippen LogP contribution in [0.3, 0.4) is 0 Å². The molecule has 0 amide bonds. The van der Waals surface area contributed by atoms with E-state index in [0.717, 1.165) is 19.3 Å². The van der Waals surface area contributed by atoms with Gasteiger partial charge in [-0.05, 0) is 108 Å². The van der Waals surface area contributed by atoms with Crippen LogP contribution in [0.4, 0.5) is 11.4 Å². The van der Waals surface area contributed by atoms with Gasteiger partial charge in [-0.25, -0.2) is 0 Å². The molecule has 0 N–H and O–H groups in total. The van der Waals surface area contributed by atoms with Crippen LogP contribution < -0.4 is 4.90 Å². The summed E-state index contributed by atoms with van der Waals surface area (Å²) in [5, 5.41) is 2.55. The normalized spacial score (nSPS) is 21.3. The monoisotopic (exact) mass is 698 g/mol. The fourth-order valence-corrected chi connectivity index (χ4v) is 9.67. The van der Waals surface area contributed by atoms with E-state index >= 15 is 0 Å². The highest BCUT2D eigenvalue weighted by Crippen LogP contribution is 2.57. The SMILES string of the molecule is CC1C=CC(N(c2ccc(-c3ccc4c(c3)c3ccccc3n4-c3ccccc3)cc2)c2ccc([C@@H]3C=CC4=C(C3)C3CC=CC=C3C4(C)C)cc2)=CC1. The van der Waals surface area contributed by atoms with Crippen molar-refractivity contribution >= 4 is 33.2 Å². The van der Waals surface area contributed by atoms with Crippen LogP contribution in [0.2, 0.25) is 0 Å². The lowest BCUT2D eigenvalue weighted by atomic mass is 9.77. The Morgan fingerprint density at radius 2 is 1.41 bits per heavy atom. The fourth-order valence-electron chi connectivity index (χ4n) is 9.67. The molecule has 1 heterocycles. The number of aromatic nitrogens is 1. The molecule has 0 bridgehead atoms. The van der Waals surface area contributed by atoms with Gasteiger partial charge in [0.25, 0.3) is 0 Å². The van der Waals surface area contributed by atoms with Crippen molar-refractivity contribution < 1.29 is 0 Å². The third-order valence-corrected chi connectivity index (χ3v) is 12.5. The summed E-state index contributed by atoms with van der Waals surface area (Å²) in [4.78, 5) is 2.43. The molecule has 4 aliphatic rings. The number of fused-ring (bicyclic) bond motifs is 5. The average molecular weight is 699 g/mol. The summed E-state index contributed by atoms with van der Waals surface area (Å²) in [6.07, 6.45) is 22.2. The Morgan fingerprint density at radius 1 is 0.685 bits per heavy atom. The topological polar surface area (TPSA) is 8.17 Å². The summed E-state index contributed by atoms with van der Waals surface area (Å²) in [6.45, 7) is 7.11. The molecule has 54 heavy (non-hydrogen) atoms. The van der Waals surface area contributed by atoms with Gasteiger partial charge in [0.1, 0.15) is 0 Å². The predicted octanol–water partition coefficient (Wildman–Crippen LogP) is 14.0. The van der Waals surface area contributed by atoms with Crippen molar-refractivity contribution in [2.45, 2.75) is 46.0 Å². The molecular formula is C52H46N2. The van der Waals surface area contributed by atoms with Gasteiger partial charge in [-0.1, -0.05) is 141 Å². The molecule has 3 atom stereocenters. The summed E-state index contributed by atoms with van der Waals surface area (Å²) in [5.74, 6) is 1.52. The summed E-state index contributed by atoms with van der Waals surface area (Å²) in [5.41, 5.74) is 16.0. The first kappa shape index (κ1) is 32.8. The largest absolute Gasteiger partial charge is 0.311 e. The maximum absolute atomic E-state index is 2.46. The number of para-hydroxylation sites is 2. The minimum absolute atomic E-state index is 0.125. The van der Waals surface area contributed by atoms with Gasteiger partial charge in [0.15, 0.2) is 0 Å². The van der Waals surface area contributed by atoms with E-state index in [9.17, 15) is 0 Å². The molecule has 264 valence electrons. The maximum Gasteiger partial charge on any atom is 0.0541 e. The Kier molecular flexibility index (Phi) is 7.84. The highest BCUT2D eigenvalue weighted by atomic mass is 15.1. The molecule has 0 spiro atoms. The molecule has 2 unspecified atom stereocenters. The number of allylic oxidation sites excluding steroid dienone is 11. The lowest BCUT2D eigenvalue weighted by Gasteiger charge is -2.29. The van der Waals surface area contributed by atoms with Crippen molar-refractivity contribution in [3.8, 4) is 16.8 Å². The number of nitrogens with zero attached hydrogens (tertiary/aromatic N) is 2. The summed E-state index contributed by atoms with van der Waals surface area (Å²) in [6, 6.07) is 44.9. The van der Waals surface area contributed by atoms with E-state index in [0.29, 0.717) is 17.8 Å². The smallest absolute Gasteiger partial charge is 0.0541 e. The minimum Gasteiger partial charge on any atom is -0.311 e. The van der Waals surface area contributed by atoms with Crippen molar-refractivity contribution in [2.75, 3.05) is 4.90 Å². The van der Waals surface area contributed by atoms with Crippen LogP contribution in [-0.2, 0) is 0 Å². The van der Waals surface area contributed by atoms with E-state index in [1.165, 1.54) is 61.3 Å². The van der Waals surface area contributed by atoms with Crippen LogP contribution in [-0.4, -0.2) is 4.57 Å². The quantitative estimate of drug-likeness (QED) is 0.168. The maximum atomic E-state index is 2.46. The Balaban J connectivity index is 0.962. The highest BCUT2D eigenvalue weighted by Gasteiger charge is 2.44. The first-order valence-corrected chi connectivity index (χ1v) is 19.7. The number of benzene rings is 5. The van der Waals surface area contributed by atoms with Gasteiger partial charge >= 0.3 is 0 Å². The van der Waals surface area contributed by atoms with Gasteiger partial charge in [-0.3, -0.25) is 0 Å². The van der Waals surface area contributed by atoms with Crippen LogP contribution in [0, 0.1) is 17.3 Å². The van der Waals surface area contributed by atoms with Gasteiger partial charge in [-0.15, -0.1) is 0 Å². The highest BCUT2D eigenvalue weighted by molar-refractivity contribution is 6.10. The second-order valence-corrected chi connectivity index (χ2v) is 16.2. The summed E-state index contributed by atoms with van der Waals surface area (Å²) >= 11 is 0. The van der Waals surface area contributed by atoms with Crippen LogP contribution in [0.5, 0.6) is 0 Å². The Hall–Kier alpha value is -5.86. The van der Waals surface area contributed by atoms with Gasteiger partial charge in [0, 0.05) is 50.8 Å². The molecule has 0 fully saturated rings. The Bertz CT molecular complexity index is 2600. The molecule has 0 saturated heterocycles. The molecule has 0 aliphatic heterocycles.